The van der Waals surface area contributed by atoms with E-state index < -0.39 is 11.8 Å². The number of carboxylic acids is 1. The summed E-state index contributed by atoms with van der Waals surface area (Å²) in [5, 5.41) is 21.2. The number of carboxylic acid groups (broad SMARTS) is 1. The second-order valence-corrected chi connectivity index (χ2v) is 3.62. The van der Waals surface area contributed by atoms with Crippen LogP contribution in [0.3, 0.4) is 0 Å². The highest BCUT2D eigenvalue weighted by molar-refractivity contribution is 5.86. The van der Waals surface area contributed by atoms with Crippen molar-refractivity contribution in [1.29, 1.82) is 5.26 Å². The van der Waals surface area contributed by atoms with Crippen molar-refractivity contribution in [3.63, 3.8) is 0 Å². The summed E-state index contributed by atoms with van der Waals surface area (Å²) in [5.74, 6) is -1.69. The standard InChI is InChI=1S/C12H8FN3O2/c13-11-8(4-14)2-1-3-9(11)6-16-7-10(5-15-16)12(17)18/h1-3,5,7H,6H2,(H,17,18). The molecule has 0 atom stereocenters. The average molecular weight is 245 g/mol. The molecule has 0 bridgehead atoms. The summed E-state index contributed by atoms with van der Waals surface area (Å²) < 4.78 is 15.1. The third kappa shape index (κ3) is 2.20. The highest BCUT2D eigenvalue weighted by atomic mass is 19.1. The lowest BCUT2D eigenvalue weighted by atomic mass is 10.1. The molecule has 0 saturated heterocycles. The molecule has 1 heterocycles. The van der Waals surface area contributed by atoms with Gasteiger partial charge in [0.25, 0.3) is 0 Å². The van der Waals surface area contributed by atoms with Gasteiger partial charge in [-0.05, 0) is 6.07 Å². The van der Waals surface area contributed by atoms with Crippen molar-refractivity contribution < 1.29 is 14.3 Å². The molecule has 0 radical (unpaired) electrons. The third-order valence-corrected chi connectivity index (χ3v) is 2.41. The Morgan fingerprint density at radius 3 is 2.94 bits per heavy atom. The van der Waals surface area contributed by atoms with E-state index in [0.717, 1.165) is 0 Å². The molecule has 2 rings (SSSR count). The maximum absolute atomic E-state index is 13.7. The van der Waals surface area contributed by atoms with Crippen LogP contribution in [0.25, 0.3) is 0 Å². The van der Waals surface area contributed by atoms with E-state index in [0.29, 0.717) is 0 Å². The number of nitrogens with zero attached hydrogens (tertiary/aromatic N) is 3. The summed E-state index contributed by atoms with van der Waals surface area (Å²) in [6.07, 6.45) is 2.50. The lowest BCUT2D eigenvalue weighted by Crippen LogP contribution is -2.03. The molecule has 0 aliphatic carbocycles. The zero-order chi connectivity index (χ0) is 13.1. The van der Waals surface area contributed by atoms with Gasteiger partial charge < -0.3 is 5.11 Å². The van der Waals surface area contributed by atoms with E-state index in [-0.39, 0.29) is 23.2 Å². The summed E-state index contributed by atoms with van der Waals surface area (Å²) in [5.41, 5.74) is 0.277. The van der Waals surface area contributed by atoms with Crippen LogP contribution in [0.2, 0.25) is 0 Å². The molecule has 0 saturated carbocycles. The molecule has 1 N–H and O–H groups in total. The molecule has 0 unspecified atom stereocenters. The van der Waals surface area contributed by atoms with Crippen LogP contribution in [-0.2, 0) is 6.54 Å². The van der Waals surface area contributed by atoms with Crippen molar-refractivity contribution in [2.24, 2.45) is 0 Å². The number of benzene rings is 1. The monoisotopic (exact) mass is 245 g/mol. The molecule has 0 fully saturated rings. The van der Waals surface area contributed by atoms with E-state index in [4.69, 9.17) is 10.4 Å². The first-order chi connectivity index (χ1) is 8.61. The fourth-order valence-corrected chi connectivity index (χ4v) is 1.52. The molecule has 0 amide bonds. The van der Waals surface area contributed by atoms with Gasteiger partial charge in [0, 0.05) is 11.8 Å². The first-order valence-corrected chi connectivity index (χ1v) is 5.05. The first-order valence-electron chi connectivity index (χ1n) is 5.05. The average Bonchev–Trinajstić information content (AvgIpc) is 2.80. The Morgan fingerprint density at radius 2 is 2.33 bits per heavy atom. The van der Waals surface area contributed by atoms with E-state index >= 15 is 0 Å². The second-order valence-electron chi connectivity index (χ2n) is 3.62. The first kappa shape index (κ1) is 11.8. The minimum Gasteiger partial charge on any atom is -0.478 e. The van der Waals surface area contributed by atoms with Crippen molar-refractivity contribution in [1.82, 2.24) is 9.78 Å². The van der Waals surface area contributed by atoms with Gasteiger partial charge in [0.05, 0.1) is 23.9 Å². The number of aromatic nitrogens is 2. The highest BCUT2D eigenvalue weighted by Gasteiger charge is 2.10. The Balaban J connectivity index is 2.29. The SMILES string of the molecule is N#Cc1cccc(Cn2cc(C(=O)O)cn2)c1F. The minimum atomic E-state index is -1.09. The molecular formula is C12H8FN3O2. The molecule has 0 aliphatic heterocycles. The Hall–Kier alpha value is -2.68. The quantitative estimate of drug-likeness (QED) is 0.891. The van der Waals surface area contributed by atoms with Crippen LogP contribution in [-0.4, -0.2) is 20.9 Å². The van der Waals surface area contributed by atoms with Crippen LogP contribution < -0.4 is 0 Å². The Bertz CT molecular complexity index is 643. The number of hydrogen-bond donors (Lipinski definition) is 1. The number of rotatable bonds is 3. The highest BCUT2D eigenvalue weighted by Crippen LogP contribution is 2.13. The second kappa shape index (κ2) is 4.67. The molecule has 18 heavy (non-hydrogen) atoms. The van der Waals surface area contributed by atoms with Gasteiger partial charge in [0.15, 0.2) is 0 Å². The lowest BCUT2D eigenvalue weighted by Gasteiger charge is -2.04. The van der Waals surface area contributed by atoms with Gasteiger partial charge in [-0.1, -0.05) is 12.1 Å². The van der Waals surface area contributed by atoms with E-state index in [1.54, 1.807) is 12.1 Å². The maximum atomic E-state index is 13.7. The molecule has 2 aromatic rings. The zero-order valence-corrected chi connectivity index (χ0v) is 9.17. The topological polar surface area (TPSA) is 78.9 Å². The van der Waals surface area contributed by atoms with Crippen LogP contribution in [0.4, 0.5) is 4.39 Å². The Labute approximate surface area is 102 Å². The van der Waals surface area contributed by atoms with Crippen LogP contribution >= 0.6 is 0 Å². The number of hydrogen-bond acceptors (Lipinski definition) is 3. The van der Waals surface area contributed by atoms with Gasteiger partial charge >= 0.3 is 5.97 Å². The number of aromatic carboxylic acids is 1. The number of nitriles is 1. The fraction of sp³-hybridized carbons (Fsp3) is 0.0833. The molecule has 1 aromatic carbocycles. The summed E-state index contributed by atoms with van der Waals surface area (Å²) in [7, 11) is 0. The molecule has 0 aliphatic rings. The van der Waals surface area contributed by atoms with Gasteiger partial charge in [0.1, 0.15) is 11.9 Å². The smallest absolute Gasteiger partial charge is 0.338 e. The normalized spacial score (nSPS) is 10.0. The van der Waals surface area contributed by atoms with E-state index in [9.17, 15) is 9.18 Å². The number of carbonyl (C=O) groups is 1. The van der Waals surface area contributed by atoms with Gasteiger partial charge in [-0.15, -0.1) is 0 Å². The minimum absolute atomic E-state index is 0.0341. The van der Waals surface area contributed by atoms with Crippen LogP contribution in [0.5, 0.6) is 0 Å². The van der Waals surface area contributed by atoms with Gasteiger partial charge in [-0.2, -0.15) is 10.4 Å². The predicted octanol–water partition coefficient (Wildman–Crippen LogP) is 1.64. The van der Waals surface area contributed by atoms with Gasteiger partial charge in [-0.25, -0.2) is 9.18 Å². The van der Waals surface area contributed by atoms with Crippen molar-refractivity contribution in [2.45, 2.75) is 6.54 Å². The largest absolute Gasteiger partial charge is 0.478 e. The Morgan fingerprint density at radius 1 is 1.56 bits per heavy atom. The predicted molar refractivity (Wildman–Crippen MR) is 59.4 cm³/mol. The summed E-state index contributed by atoms with van der Waals surface area (Å²) in [4.78, 5) is 10.7. The lowest BCUT2D eigenvalue weighted by molar-refractivity contribution is 0.0697. The Kier molecular flexibility index (Phi) is 3.06. The molecule has 0 spiro atoms. The van der Waals surface area contributed by atoms with Crippen molar-refractivity contribution in [2.75, 3.05) is 0 Å². The summed E-state index contributed by atoms with van der Waals surface area (Å²) in [6, 6.07) is 6.22. The van der Waals surface area contributed by atoms with Crippen molar-refractivity contribution in [3.05, 3.63) is 53.1 Å². The summed E-state index contributed by atoms with van der Waals surface area (Å²) in [6.45, 7) is 0.0780. The third-order valence-electron chi connectivity index (χ3n) is 2.41. The van der Waals surface area contributed by atoms with E-state index in [2.05, 4.69) is 5.10 Å². The maximum Gasteiger partial charge on any atom is 0.338 e. The van der Waals surface area contributed by atoms with Gasteiger partial charge in [-0.3, -0.25) is 4.68 Å². The van der Waals surface area contributed by atoms with Crippen molar-refractivity contribution in [3.8, 4) is 6.07 Å². The van der Waals surface area contributed by atoms with Crippen LogP contribution in [0.1, 0.15) is 21.5 Å². The van der Waals surface area contributed by atoms with Gasteiger partial charge in [0.2, 0.25) is 0 Å². The molecule has 5 nitrogen and oxygen atoms in total. The molecule has 6 heteroatoms. The van der Waals surface area contributed by atoms with Crippen LogP contribution in [0.15, 0.2) is 30.6 Å². The molecular weight excluding hydrogens is 237 g/mol. The zero-order valence-electron chi connectivity index (χ0n) is 9.17. The number of halogens is 1. The fourth-order valence-electron chi connectivity index (χ4n) is 1.52. The van der Waals surface area contributed by atoms with Crippen LogP contribution in [0, 0.1) is 17.1 Å². The summed E-state index contributed by atoms with van der Waals surface area (Å²) >= 11 is 0. The van der Waals surface area contributed by atoms with E-state index in [1.807, 2.05) is 0 Å². The molecule has 90 valence electrons. The van der Waals surface area contributed by atoms with Crippen molar-refractivity contribution >= 4 is 5.97 Å². The molecule has 1 aromatic heterocycles. The van der Waals surface area contributed by atoms with E-state index in [1.165, 1.54) is 29.2 Å².